The summed E-state index contributed by atoms with van der Waals surface area (Å²) in [5, 5.41) is 7.04. The molecule has 300 valence electrons. The third kappa shape index (κ3) is 5.61. The Hall–Kier alpha value is -7.86. The molecule has 9 aromatic carbocycles. The summed E-state index contributed by atoms with van der Waals surface area (Å²) in [5.74, 6) is 1.57. The molecule has 0 amide bonds. The second-order valence-electron chi connectivity index (χ2n) is 16.7. The topological polar surface area (TPSA) is 49.6 Å². The molecule has 0 saturated heterocycles. The maximum Gasteiger partial charge on any atom is 0.169 e. The quantitative estimate of drug-likeness (QED) is 0.176. The van der Waals surface area contributed by atoms with E-state index in [1.54, 1.807) is 0 Å². The molecule has 0 bridgehead atoms. The summed E-state index contributed by atoms with van der Waals surface area (Å²) >= 11 is 1.88. The molecule has 1 spiro atoms. The zero-order valence-electron chi connectivity index (χ0n) is 34.6. The van der Waals surface area contributed by atoms with Crippen molar-refractivity contribution in [3.05, 3.63) is 257 Å². The number of hydrogen-bond donors (Lipinski definition) is 1. The van der Waals surface area contributed by atoms with E-state index in [0.717, 1.165) is 67.0 Å². The normalized spacial score (nSPS) is 15.4. The van der Waals surface area contributed by atoms with Gasteiger partial charge in [-0.1, -0.05) is 206 Å². The van der Waals surface area contributed by atoms with E-state index in [1.807, 2.05) is 17.8 Å². The van der Waals surface area contributed by atoms with Gasteiger partial charge in [0.2, 0.25) is 0 Å². The van der Waals surface area contributed by atoms with Crippen molar-refractivity contribution in [1.29, 1.82) is 0 Å². The summed E-state index contributed by atoms with van der Waals surface area (Å²) in [6.07, 6.45) is -0.507. The molecule has 1 atom stereocenters. The Labute approximate surface area is 375 Å². The van der Waals surface area contributed by atoms with Gasteiger partial charge >= 0.3 is 0 Å². The van der Waals surface area contributed by atoms with Gasteiger partial charge in [0.15, 0.2) is 6.17 Å². The highest BCUT2D eigenvalue weighted by Crippen LogP contribution is 2.63. The minimum atomic E-state index is -0.507. The van der Waals surface area contributed by atoms with Crippen LogP contribution in [0.3, 0.4) is 0 Å². The van der Waals surface area contributed by atoms with Crippen molar-refractivity contribution in [2.75, 3.05) is 0 Å². The van der Waals surface area contributed by atoms with Gasteiger partial charge in [-0.15, -0.1) is 0 Å². The summed E-state index contributed by atoms with van der Waals surface area (Å²) < 4.78 is 0. The van der Waals surface area contributed by atoms with Crippen LogP contribution in [0.25, 0.3) is 55.2 Å². The summed E-state index contributed by atoms with van der Waals surface area (Å²) in [6.45, 7) is 0. The number of aromatic nitrogens is 1. The fourth-order valence-corrected chi connectivity index (χ4v) is 11.7. The molecule has 0 fully saturated rings. The lowest BCUT2D eigenvalue weighted by Crippen LogP contribution is -2.36. The Balaban J connectivity index is 1.07. The van der Waals surface area contributed by atoms with Crippen molar-refractivity contribution in [3.63, 3.8) is 0 Å². The van der Waals surface area contributed by atoms with E-state index >= 15 is 0 Å². The van der Waals surface area contributed by atoms with Gasteiger partial charge in [-0.2, -0.15) is 0 Å². The van der Waals surface area contributed by atoms with Crippen molar-refractivity contribution in [2.24, 2.45) is 9.98 Å². The molecule has 0 saturated carbocycles. The van der Waals surface area contributed by atoms with Crippen LogP contribution in [0.1, 0.15) is 45.1 Å². The summed E-state index contributed by atoms with van der Waals surface area (Å²) in [4.78, 5) is 18.8. The highest BCUT2D eigenvalue weighted by molar-refractivity contribution is 7.99. The molecule has 1 aliphatic carbocycles. The van der Waals surface area contributed by atoms with Gasteiger partial charge in [0.25, 0.3) is 0 Å². The van der Waals surface area contributed by atoms with Crippen LogP contribution in [0.15, 0.2) is 238 Å². The molecule has 3 aliphatic rings. The minimum absolute atomic E-state index is 0.504. The van der Waals surface area contributed by atoms with Gasteiger partial charge in [-0.3, -0.25) is 0 Å². The Bertz CT molecular complexity index is 3520. The molecular weight excluding hydrogens is 797 g/mol. The van der Waals surface area contributed by atoms with Gasteiger partial charge in [0.1, 0.15) is 11.7 Å². The number of pyridine rings is 1. The number of amidine groups is 2. The number of benzene rings is 9. The van der Waals surface area contributed by atoms with Crippen LogP contribution in [0, 0.1) is 0 Å². The number of hydrogen-bond acceptors (Lipinski definition) is 5. The summed E-state index contributed by atoms with van der Waals surface area (Å²) in [6, 6.07) is 78.5. The first-order valence-corrected chi connectivity index (χ1v) is 22.6. The van der Waals surface area contributed by atoms with Gasteiger partial charge in [0, 0.05) is 42.6 Å². The van der Waals surface area contributed by atoms with Crippen LogP contribution in [0.5, 0.6) is 0 Å². The fraction of sp³-hybridized carbons (Fsp3) is 0.0339. The minimum Gasteiger partial charge on any atom is -0.324 e. The van der Waals surface area contributed by atoms with Crippen molar-refractivity contribution in [2.45, 2.75) is 21.4 Å². The van der Waals surface area contributed by atoms with Crippen LogP contribution in [0.4, 0.5) is 0 Å². The summed E-state index contributed by atoms with van der Waals surface area (Å²) in [5.41, 5.74) is 15.6. The molecular formula is C59H38N4S. The van der Waals surface area contributed by atoms with Gasteiger partial charge in [0.05, 0.1) is 16.6 Å². The van der Waals surface area contributed by atoms with Crippen LogP contribution < -0.4 is 5.32 Å². The molecule has 5 heteroatoms. The monoisotopic (exact) mass is 834 g/mol. The average Bonchev–Trinajstić information content (AvgIpc) is 3.67. The SMILES string of the molecule is c1ccc(C2=NC(c3ccc4nc(-c5ccccc5)c5ccc6c(c5c4c3)Sc3ccccc3C63c4ccccc4-c4ccccc43)N=C(c3cccc(-c4ccccc4)c3)N2)cc1. The highest BCUT2D eigenvalue weighted by atomic mass is 32.2. The molecule has 10 aromatic rings. The number of rotatable bonds is 5. The standard InChI is InChI=1S/C59H38N4S/c1-4-17-37(18-5-1)40-23-16-24-41(35-40)57-61-56(39-21-8-3-9-22-39)62-58(63-57)42-31-34-51-46(36-42)53-45(54(60-51)38-19-6-2-7-20-38)32-33-50-55(53)64-52-30-15-14-29-49(52)59(50)47-27-12-10-25-43(47)44-26-11-13-28-48(44)59/h1-36,58H,(H,61,62,63). The first kappa shape index (κ1) is 36.8. The average molecular weight is 835 g/mol. The van der Waals surface area contributed by atoms with E-state index in [9.17, 15) is 0 Å². The largest absolute Gasteiger partial charge is 0.324 e. The molecule has 0 radical (unpaired) electrons. The number of nitrogens with zero attached hydrogens (tertiary/aromatic N) is 3. The molecule has 2 aliphatic heterocycles. The number of nitrogens with one attached hydrogen (secondary N) is 1. The predicted octanol–water partition coefficient (Wildman–Crippen LogP) is 14.0. The van der Waals surface area contributed by atoms with Gasteiger partial charge in [-0.05, 0) is 74.3 Å². The first-order chi connectivity index (χ1) is 31.7. The van der Waals surface area contributed by atoms with Crippen molar-refractivity contribution in [1.82, 2.24) is 10.3 Å². The third-order valence-corrected chi connectivity index (χ3v) is 14.4. The molecule has 64 heavy (non-hydrogen) atoms. The molecule has 1 unspecified atom stereocenters. The van der Waals surface area contributed by atoms with E-state index in [1.165, 1.54) is 48.6 Å². The van der Waals surface area contributed by atoms with Crippen molar-refractivity contribution < 1.29 is 0 Å². The predicted molar refractivity (Wildman–Crippen MR) is 263 cm³/mol. The van der Waals surface area contributed by atoms with Gasteiger partial charge in [-0.25, -0.2) is 15.0 Å². The van der Waals surface area contributed by atoms with Crippen LogP contribution in [0.2, 0.25) is 0 Å². The van der Waals surface area contributed by atoms with Crippen molar-refractivity contribution >= 4 is 45.1 Å². The fourth-order valence-electron chi connectivity index (χ4n) is 10.4. The lowest BCUT2D eigenvalue weighted by Gasteiger charge is -2.40. The van der Waals surface area contributed by atoms with E-state index in [2.05, 4.69) is 218 Å². The van der Waals surface area contributed by atoms with Crippen molar-refractivity contribution in [3.8, 4) is 33.5 Å². The lowest BCUT2D eigenvalue weighted by molar-refractivity contribution is 0.726. The summed E-state index contributed by atoms with van der Waals surface area (Å²) in [7, 11) is 0. The maximum atomic E-state index is 5.48. The number of aliphatic imine (C=N–C) groups is 2. The molecule has 1 N–H and O–H groups in total. The zero-order chi connectivity index (χ0) is 42.2. The molecule has 4 nitrogen and oxygen atoms in total. The van der Waals surface area contributed by atoms with E-state index < -0.39 is 11.6 Å². The van der Waals surface area contributed by atoms with Crippen LogP contribution >= 0.6 is 11.8 Å². The van der Waals surface area contributed by atoms with E-state index in [0.29, 0.717) is 0 Å². The maximum absolute atomic E-state index is 5.48. The van der Waals surface area contributed by atoms with Gasteiger partial charge < -0.3 is 5.32 Å². The van der Waals surface area contributed by atoms with E-state index in [4.69, 9.17) is 15.0 Å². The second kappa shape index (κ2) is 14.6. The highest BCUT2D eigenvalue weighted by Gasteiger charge is 2.50. The third-order valence-electron chi connectivity index (χ3n) is 13.2. The van der Waals surface area contributed by atoms with E-state index in [-0.39, 0.29) is 0 Å². The smallest absolute Gasteiger partial charge is 0.169 e. The zero-order valence-corrected chi connectivity index (χ0v) is 35.4. The number of fused-ring (bicyclic) bond motifs is 13. The van der Waals surface area contributed by atoms with Crippen LogP contribution in [-0.2, 0) is 5.41 Å². The Kier molecular flexibility index (Phi) is 8.40. The molecule has 13 rings (SSSR count). The first-order valence-electron chi connectivity index (χ1n) is 21.8. The molecule has 1 aromatic heterocycles. The Morgan fingerprint density at radius 3 is 1.72 bits per heavy atom. The van der Waals surface area contributed by atoms with Crippen LogP contribution in [-0.4, -0.2) is 16.7 Å². The lowest BCUT2D eigenvalue weighted by atomic mass is 9.67. The Morgan fingerprint density at radius 2 is 1.00 bits per heavy atom. The second-order valence-corrected chi connectivity index (χ2v) is 17.7. The molecule has 3 heterocycles. The Morgan fingerprint density at radius 1 is 0.422 bits per heavy atom.